The van der Waals surface area contributed by atoms with E-state index in [-0.39, 0.29) is 0 Å². The van der Waals surface area contributed by atoms with Gasteiger partial charge in [-0.3, -0.25) is 4.90 Å². The highest BCUT2D eigenvalue weighted by Crippen LogP contribution is 2.36. The summed E-state index contributed by atoms with van der Waals surface area (Å²) in [6.45, 7) is 7.27. The van der Waals surface area contributed by atoms with Crippen LogP contribution in [0.15, 0.2) is 30.3 Å². The number of nitrogens with zero attached hydrogens (tertiary/aromatic N) is 1. The summed E-state index contributed by atoms with van der Waals surface area (Å²) >= 11 is 0. The van der Waals surface area contributed by atoms with Crippen LogP contribution in [0.4, 0.5) is 0 Å². The van der Waals surface area contributed by atoms with Crippen molar-refractivity contribution in [2.75, 3.05) is 13.1 Å². The molecule has 1 saturated carbocycles. The molecule has 3 rings (SSSR count). The van der Waals surface area contributed by atoms with Gasteiger partial charge in [0.25, 0.3) is 0 Å². The van der Waals surface area contributed by atoms with Crippen LogP contribution in [0.2, 0.25) is 0 Å². The minimum Gasteiger partial charge on any atom is -0.326 e. The van der Waals surface area contributed by atoms with Gasteiger partial charge < -0.3 is 5.73 Å². The summed E-state index contributed by atoms with van der Waals surface area (Å²) in [7, 11) is 0. The van der Waals surface area contributed by atoms with Crippen molar-refractivity contribution in [3.05, 3.63) is 35.9 Å². The lowest BCUT2D eigenvalue weighted by Gasteiger charge is -2.46. The van der Waals surface area contributed by atoms with Crippen LogP contribution in [0, 0.1) is 11.8 Å². The van der Waals surface area contributed by atoms with Gasteiger partial charge in [0.1, 0.15) is 0 Å². The average Bonchev–Trinajstić information content (AvgIpc) is 2.47. The Morgan fingerprint density at radius 1 is 0.952 bits per heavy atom. The van der Waals surface area contributed by atoms with Crippen molar-refractivity contribution in [1.82, 2.24) is 4.90 Å². The summed E-state index contributed by atoms with van der Waals surface area (Å²) in [4.78, 5) is 2.71. The van der Waals surface area contributed by atoms with Crippen LogP contribution in [0.1, 0.15) is 51.0 Å². The molecule has 0 aromatic heterocycles. The Hall–Kier alpha value is -0.860. The van der Waals surface area contributed by atoms with Gasteiger partial charge in [-0.15, -0.1) is 0 Å². The zero-order valence-corrected chi connectivity index (χ0v) is 13.5. The highest BCUT2D eigenvalue weighted by molar-refractivity contribution is 5.21. The molecule has 2 aliphatic rings. The van der Waals surface area contributed by atoms with Crippen LogP contribution >= 0.6 is 0 Å². The first-order chi connectivity index (χ1) is 10.1. The van der Waals surface area contributed by atoms with E-state index in [1.165, 1.54) is 44.3 Å². The number of hydrogen-bond donors (Lipinski definition) is 1. The van der Waals surface area contributed by atoms with E-state index in [1.54, 1.807) is 0 Å². The molecule has 2 heteroatoms. The van der Waals surface area contributed by atoms with Crippen molar-refractivity contribution < 1.29 is 0 Å². The van der Waals surface area contributed by atoms with Crippen LogP contribution < -0.4 is 5.73 Å². The zero-order valence-electron chi connectivity index (χ0n) is 13.5. The molecule has 5 unspecified atom stereocenters. The number of nitrogens with two attached hydrogens (primary N) is 1. The molecule has 1 heterocycles. The van der Waals surface area contributed by atoms with Crippen LogP contribution in [0.3, 0.4) is 0 Å². The molecule has 0 bridgehead atoms. The number of rotatable bonds is 2. The molecular weight excluding hydrogens is 256 g/mol. The number of benzene rings is 1. The monoisotopic (exact) mass is 286 g/mol. The first-order valence-corrected chi connectivity index (χ1v) is 8.68. The molecule has 1 aliphatic heterocycles. The zero-order chi connectivity index (χ0) is 14.8. The van der Waals surface area contributed by atoms with E-state index in [2.05, 4.69) is 49.1 Å². The second kappa shape index (κ2) is 6.50. The van der Waals surface area contributed by atoms with Gasteiger partial charge in [-0.2, -0.15) is 0 Å². The van der Waals surface area contributed by atoms with Gasteiger partial charge in [-0.05, 0) is 49.0 Å². The molecule has 0 amide bonds. The van der Waals surface area contributed by atoms with Gasteiger partial charge in [0.05, 0.1) is 0 Å². The summed E-state index contributed by atoms with van der Waals surface area (Å²) < 4.78 is 0. The molecule has 1 aromatic carbocycles. The number of piperidine rings is 1. The van der Waals surface area contributed by atoms with Gasteiger partial charge in [0.2, 0.25) is 0 Å². The largest absolute Gasteiger partial charge is 0.326 e. The first kappa shape index (κ1) is 15.1. The van der Waals surface area contributed by atoms with E-state index in [0.717, 1.165) is 11.8 Å². The van der Waals surface area contributed by atoms with Gasteiger partial charge in [-0.1, -0.05) is 44.2 Å². The predicted octanol–water partition coefficient (Wildman–Crippen LogP) is 3.63. The highest BCUT2D eigenvalue weighted by Gasteiger charge is 2.35. The van der Waals surface area contributed by atoms with Crippen LogP contribution in [0.25, 0.3) is 0 Å². The van der Waals surface area contributed by atoms with E-state index >= 15 is 0 Å². The Morgan fingerprint density at radius 2 is 1.62 bits per heavy atom. The van der Waals surface area contributed by atoms with Crippen molar-refractivity contribution in [2.24, 2.45) is 17.6 Å². The fourth-order valence-corrected chi connectivity index (χ4v) is 4.60. The molecule has 21 heavy (non-hydrogen) atoms. The lowest BCUT2D eigenvalue weighted by Crippen LogP contribution is -2.54. The predicted molar refractivity (Wildman–Crippen MR) is 89.3 cm³/mol. The molecule has 0 radical (unpaired) electrons. The van der Waals surface area contributed by atoms with E-state index in [0.29, 0.717) is 18.0 Å². The van der Waals surface area contributed by atoms with Crippen LogP contribution in [-0.4, -0.2) is 30.1 Å². The average molecular weight is 286 g/mol. The van der Waals surface area contributed by atoms with E-state index in [4.69, 9.17) is 5.73 Å². The van der Waals surface area contributed by atoms with Crippen molar-refractivity contribution in [3.8, 4) is 0 Å². The minimum atomic E-state index is 0.363. The van der Waals surface area contributed by atoms with E-state index < -0.39 is 0 Å². The summed E-state index contributed by atoms with van der Waals surface area (Å²) in [6.07, 6.45) is 5.04. The molecular formula is C19H30N2. The standard InChI is InChI=1S/C19H30N2/c1-14-10-15(2)13-21(12-14)19-11-17(8-9-18(19)20)16-6-4-3-5-7-16/h3-7,14-15,17-19H,8-13,20H2,1-2H3. The van der Waals surface area contributed by atoms with Gasteiger partial charge in [0, 0.05) is 25.2 Å². The van der Waals surface area contributed by atoms with Crippen molar-refractivity contribution in [2.45, 2.75) is 57.5 Å². The quantitative estimate of drug-likeness (QED) is 0.899. The Labute approximate surface area is 129 Å². The third kappa shape index (κ3) is 3.49. The lowest BCUT2D eigenvalue weighted by atomic mass is 9.77. The van der Waals surface area contributed by atoms with Gasteiger partial charge in [-0.25, -0.2) is 0 Å². The third-order valence-electron chi connectivity index (χ3n) is 5.51. The fraction of sp³-hybridized carbons (Fsp3) is 0.684. The highest BCUT2D eigenvalue weighted by atomic mass is 15.2. The molecule has 2 nitrogen and oxygen atoms in total. The molecule has 1 saturated heterocycles. The fourth-order valence-electron chi connectivity index (χ4n) is 4.60. The van der Waals surface area contributed by atoms with E-state index in [9.17, 15) is 0 Å². The SMILES string of the molecule is CC1CC(C)CN(C2CC(c3ccccc3)CCC2N)C1. The normalized spacial score (nSPS) is 38.3. The van der Waals surface area contributed by atoms with Gasteiger partial charge >= 0.3 is 0 Å². The van der Waals surface area contributed by atoms with Crippen LogP contribution in [-0.2, 0) is 0 Å². The lowest BCUT2D eigenvalue weighted by molar-refractivity contribution is 0.0603. The second-order valence-corrected chi connectivity index (χ2v) is 7.55. The molecule has 5 atom stereocenters. The maximum Gasteiger partial charge on any atom is 0.0253 e. The Morgan fingerprint density at radius 3 is 2.29 bits per heavy atom. The number of likely N-dealkylation sites (tertiary alicyclic amines) is 1. The van der Waals surface area contributed by atoms with Gasteiger partial charge in [0.15, 0.2) is 0 Å². The maximum atomic E-state index is 6.50. The summed E-state index contributed by atoms with van der Waals surface area (Å²) in [6, 6.07) is 12.0. The molecule has 0 spiro atoms. The summed E-state index contributed by atoms with van der Waals surface area (Å²) in [5.74, 6) is 2.33. The topological polar surface area (TPSA) is 29.3 Å². The van der Waals surface area contributed by atoms with Crippen molar-refractivity contribution >= 4 is 0 Å². The molecule has 1 aliphatic carbocycles. The molecule has 1 aromatic rings. The maximum absolute atomic E-state index is 6.50. The van der Waals surface area contributed by atoms with Crippen molar-refractivity contribution in [3.63, 3.8) is 0 Å². The molecule has 2 N–H and O–H groups in total. The summed E-state index contributed by atoms with van der Waals surface area (Å²) in [5.41, 5.74) is 8.01. The second-order valence-electron chi connectivity index (χ2n) is 7.55. The Kier molecular flexibility index (Phi) is 4.66. The minimum absolute atomic E-state index is 0.363. The van der Waals surface area contributed by atoms with Crippen LogP contribution in [0.5, 0.6) is 0 Å². The Bertz CT molecular complexity index is 434. The summed E-state index contributed by atoms with van der Waals surface area (Å²) in [5, 5.41) is 0. The number of hydrogen-bond acceptors (Lipinski definition) is 2. The Balaban J connectivity index is 1.71. The molecule has 116 valence electrons. The van der Waals surface area contributed by atoms with E-state index in [1.807, 2.05) is 0 Å². The van der Waals surface area contributed by atoms with Crippen molar-refractivity contribution in [1.29, 1.82) is 0 Å². The smallest absolute Gasteiger partial charge is 0.0253 e. The third-order valence-corrected chi connectivity index (χ3v) is 5.51. The molecule has 2 fully saturated rings. The first-order valence-electron chi connectivity index (χ1n) is 8.68.